The van der Waals surface area contributed by atoms with E-state index < -0.39 is 17.7 Å². The minimum atomic E-state index is -1.27. The van der Waals surface area contributed by atoms with Crippen molar-refractivity contribution < 1.29 is 13.9 Å². The number of rotatable bonds is 3. The van der Waals surface area contributed by atoms with E-state index in [-0.39, 0.29) is 17.7 Å². The lowest BCUT2D eigenvalue weighted by molar-refractivity contribution is 0.150. The predicted octanol–water partition coefficient (Wildman–Crippen LogP) is 3.09. The Hall–Kier alpha value is -2.12. The third kappa shape index (κ3) is 2.77. The number of fused-ring (bicyclic) bond motifs is 1. The number of hydrogen-bond acceptors (Lipinski definition) is 4. The second-order valence-electron chi connectivity index (χ2n) is 5.35. The van der Waals surface area contributed by atoms with Gasteiger partial charge in [0.15, 0.2) is 0 Å². The summed E-state index contributed by atoms with van der Waals surface area (Å²) in [5, 5.41) is 10.7. The van der Waals surface area contributed by atoms with Crippen LogP contribution in [0.1, 0.15) is 22.1 Å². The Morgan fingerprint density at radius 2 is 2.09 bits per heavy atom. The fourth-order valence-electron chi connectivity index (χ4n) is 2.46. The van der Waals surface area contributed by atoms with Crippen LogP contribution in [0.15, 0.2) is 29.3 Å². The average molecular weight is 336 g/mol. The largest absolute Gasteiger partial charge is 0.386 e. The van der Waals surface area contributed by atoms with Gasteiger partial charge in [-0.15, -0.1) is 11.3 Å². The first-order valence-corrected chi connectivity index (χ1v) is 7.78. The second-order valence-corrected chi connectivity index (χ2v) is 6.55. The normalized spacial score (nSPS) is 12.7. The maximum Gasteiger partial charge on any atom is 0.262 e. The van der Waals surface area contributed by atoms with Gasteiger partial charge in [-0.05, 0) is 25.5 Å². The van der Waals surface area contributed by atoms with Gasteiger partial charge in [-0.3, -0.25) is 9.36 Å². The van der Waals surface area contributed by atoms with E-state index in [9.17, 15) is 18.7 Å². The zero-order chi connectivity index (χ0) is 16.7. The van der Waals surface area contributed by atoms with Crippen molar-refractivity contribution in [1.29, 1.82) is 0 Å². The molecule has 0 bridgehead atoms. The minimum Gasteiger partial charge on any atom is -0.386 e. The van der Waals surface area contributed by atoms with Gasteiger partial charge in [-0.25, -0.2) is 13.8 Å². The van der Waals surface area contributed by atoms with E-state index in [1.54, 1.807) is 0 Å². The number of aryl methyl sites for hydroxylation is 2. The van der Waals surface area contributed by atoms with E-state index in [1.165, 1.54) is 28.3 Å². The molecule has 0 aliphatic rings. The Kier molecular flexibility index (Phi) is 3.99. The monoisotopic (exact) mass is 336 g/mol. The number of benzene rings is 1. The fourth-order valence-corrected chi connectivity index (χ4v) is 3.44. The summed E-state index contributed by atoms with van der Waals surface area (Å²) in [5.74, 6) is -1.56. The smallest absolute Gasteiger partial charge is 0.262 e. The molecule has 120 valence electrons. The summed E-state index contributed by atoms with van der Waals surface area (Å²) in [6, 6.07) is 2.94. The lowest BCUT2D eigenvalue weighted by Gasteiger charge is -2.13. The number of nitrogens with zero attached hydrogens (tertiary/aromatic N) is 2. The van der Waals surface area contributed by atoms with Crippen LogP contribution < -0.4 is 5.56 Å². The number of aromatic nitrogens is 2. The maximum absolute atomic E-state index is 13.7. The van der Waals surface area contributed by atoms with Crippen molar-refractivity contribution in [2.75, 3.05) is 0 Å². The number of thiophene rings is 1. The molecule has 1 aromatic carbocycles. The molecular weight excluding hydrogens is 322 g/mol. The summed E-state index contributed by atoms with van der Waals surface area (Å²) in [7, 11) is 0. The molecular formula is C16H14F2N2O2S. The van der Waals surface area contributed by atoms with Crippen molar-refractivity contribution in [2.24, 2.45) is 0 Å². The van der Waals surface area contributed by atoms with Crippen LogP contribution in [-0.2, 0) is 6.54 Å². The SMILES string of the molecule is Cc1sc2ncn(CC(O)c3ccc(F)cc3F)c(=O)c2c1C. The summed E-state index contributed by atoms with van der Waals surface area (Å²) in [6.45, 7) is 3.60. The second kappa shape index (κ2) is 5.82. The molecule has 0 spiro atoms. The molecule has 0 saturated heterocycles. The van der Waals surface area contributed by atoms with Crippen molar-refractivity contribution in [3.8, 4) is 0 Å². The zero-order valence-corrected chi connectivity index (χ0v) is 13.3. The van der Waals surface area contributed by atoms with Gasteiger partial charge in [0.1, 0.15) is 16.5 Å². The Morgan fingerprint density at radius 3 is 2.78 bits per heavy atom. The lowest BCUT2D eigenvalue weighted by atomic mass is 10.1. The summed E-state index contributed by atoms with van der Waals surface area (Å²) < 4.78 is 27.9. The number of hydrogen-bond donors (Lipinski definition) is 1. The molecule has 0 saturated carbocycles. The van der Waals surface area contributed by atoms with Crippen LogP contribution >= 0.6 is 11.3 Å². The molecule has 0 aliphatic heterocycles. The van der Waals surface area contributed by atoms with E-state index in [0.29, 0.717) is 16.3 Å². The van der Waals surface area contributed by atoms with Gasteiger partial charge in [-0.1, -0.05) is 6.07 Å². The van der Waals surface area contributed by atoms with Gasteiger partial charge in [-0.2, -0.15) is 0 Å². The summed E-state index contributed by atoms with van der Waals surface area (Å²) in [5.41, 5.74) is 0.523. The van der Waals surface area contributed by atoms with Crippen molar-refractivity contribution in [3.63, 3.8) is 0 Å². The van der Waals surface area contributed by atoms with Gasteiger partial charge in [0, 0.05) is 16.5 Å². The van der Waals surface area contributed by atoms with Crippen LogP contribution in [0.5, 0.6) is 0 Å². The quantitative estimate of drug-likeness (QED) is 0.800. The van der Waals surface area contributed by atoms with Crippen LogP contribution in [-0.4, -0.2) is 14.7 Å². The van der Waals surface area contributed by atoms with Crippen LogP contribution in [0.25, 0.3) is 10.2 Å². The molecule has 0 fully saturated rings. The molecule has 1 atom stereocenters. The lowest BCUT2D eigenvalue weighted by Crippen LogP contribution is -2.24. The van der Waals surface area contributed by atoms with Crippen LogP contribution in [0.4, 0.5) is 8.78 Å². The maximum atomic E-state index is 13.7. The zero-order valence-electron chi connectivity index (χ0n) is 12.5. The highest BCUT2D eigenvalue weighted by Gasteiger charge is 2.17. The molecule has 0 amide bonds. The van der Waals surface area contributed by atoms with Crippen molar-refractivity contribution >= 4 is 21.6 Å². The van der Waals surface area contributed by atoms with Crippen LogP contribution in [0, 0.1) is 25.5 Å². The van der Waals surface area contributed by atoms with E-state index >= 15 is 0 Å². The molecule has 3 rings (SSSR count). The number of aliphatic hydroxyl groups is 1. The van der Waals surface area contributed by atoms with Gasteiger partial charge in [0.05, 0.1) is 24.4 Å². The Bertz CT molecular complexity index is 949. The van der Waals surface area contributed by atoms with E-state index in [1.807, 2.05) is 13.8 Å². The fraction of sp³-hybridized carbons (Fsp3) is 0.250. The molecule has 7 heteroatoms. The first-order chi connectivity index (χ1) is 10.9. The summed E-state index contributed by atoms with van der Waals surface area (Å²) >= 11 is 1.43. The third-order valence-corrected chi connectivity index (χ3v) is 4.96. The van der Waals surface area contributed by atoms with Gasteiger partial charge in [0.25, 0.3) is 5.56 Å². The minimum absolute atomic E-state index is 0.0587. The van der Waals surface area contributed by atoms with E-state index in [2.05, 4.69) is 4.98 Å². The van der Waals surface area contributed by atoms with E-state index in [4.69, 9.17) is 0 Å². The molecule has 4 nitrogen and oxygen atoms in total. The van der Waals surface area contributed by atoms with Gasteiger partial charge >= 0.3 is 0 Å². The van der Waals surface area contributed by atoms with Gasteiger partial charge in [0.2, 0.25) is 0 Å². The first kappa shape index (κ1) is 15.8. The van der Waals surface area contributed by atoms with Crippen molar-refractivity contribution in [2.45, 2.75) is 26.5 Å². The van der Waals surface area contributed by atoms with Gasteiger partial charge < -0.3 is 5.11 Å². The van der Waals surface area contributed by atoms with E-state index in [0.717, 1.165) is 16.5 Å². The standard InChI is InChI=1S/C16H14F2N2O2S/c1-8-9(2)23-15-14(8)16(22)20(7-19-15)6-13(21)11-4-3-10(17)5-12(11)18/h3-5,7,13,21H,6H2,1-2H3. The first-order valence-electron chi connectivity index (χ1n) is 6.96. The number of aliphatic hydroxyl groups excluding tert-OH is 1. The molecule has 1 unspecified atom stereocenters. The molecule has 2 aromatic heterocycles. The number of halogens is 2. The molecule has 3 aromatic rings. The summed E-state index contributed by atoms with van der Waals surface area (Å²) in [6.07, 6.45) is 0.0672. The molecule has 23 heavy (non-hydrogen) atoms. The van der Waals surface area contributed by atoms with Crippen LogP contribution in [0.2, 0.25) is 0 Å². The highest BCUT2D eigenvalue weighted by atomic mass is 32.1. The topological polar surface area (TPSA) is 55.1 Å². The Labute approximate surface area is 134 Å². The van der Waals surface area contributed by atoms with Crippen LogP contribution in [0.3, 0.4) is 0 Å². The molecule has 0 radical (unpaired) electrons. The predicted molar refractivity (Wildman–Crippen MR) is 84.7 cm³/mol. The molecule has 2 heterocycles. The highest BCUT2D eigenvalue weighted by Crippen LogP contribution is 2.26. The third-order valence-electron chi connectivity index (χ3n) is 3.85. The Balaban J connectivity index is 1.99. The molecule has 0 aliphatic carbocycles. The Morgan fingerprint density at radius 1 is 1.35 bits per heavy atom. The van der Waals surface area contributed by atoms with Crippen molar-refractivity contribution in [3.05, 3.63) is 62.5 Å². The summed E-state index contributed by atoms with van der Waals surface area (Å²) in [4.78, 5) is 18.4. The highest BCUT2D eigenvalue weighted by molar-refractivity contribution is 7.18. The molecule has 1 N–H and O–H groups in total. The average Bonchev–Trinajstić information content (AvgIpc) is 2.77. The van der Waals surface area contributed by atoms with Crippen molar-refractivity contribution in [1.82, 2.24) is 9.55 Å².